The Hall–Kier alpha value is -1.56. The topological polar surface area (TPSA) is 87.4 Å². The van der Waals surface area contributed by atoms with Crippen molar-refractivity contribution in [2.24, 2.45) is 7.05 Å². The predicted molar refractivity (Wildman–Crippen MR) is 55.1 cm³/mol. The normalized spacial score (nSPS) is 12.5. The third-order valence-corrected chi connectivity index (χ3v) is 2.09. The number of carbonyl (C=O) groups is 1. The molecule has 1 atom stereocenters. The molecule has 0 aliphatic carbocycles. The lowest BCUT2D eigenvalue weighted by atomic mass is 10.2. The Balaban J connectivity index is 3.09. The molecule has 15 heavy (non-hydrogen) atoms. The van der Waals surface area contributed by atoms with Crippen LogP contribution in [0.2, 0.25) is 0 Å². The average Bonchev–Trinajstić information content (AvgIpc) is 2.41. The summed E-state index contributed by atoms with van der Waals surface area (Å²) in [5, 5.41) is 24.8. The number of rotatable bonds is 4. The van der Waals surface area contributed by atoms with Gasteiger partial charge in [-0.1, -0.05) is 0 Å². The lowest BCUT2D eigenvalue weighted by Crippen LogP contribution is -2.22. The summed E-state index contributed by atoms with van der Waals surface area (Å²) >= 11 is 0. The third kappa shape index (κ3) is 2.27. The van der Waals surface area contributed by atoms with Crippen LogP contribution in [0.4, 0.5) is 5.82 Å². The highest BCUT2D eigenvalue weighted by atomic mass is 16.4. The number of carboxylic acids is 1. The molecule has 1 rings (SSSR count). The maximum Gasteiger partial charge on any atom is 0.341 e. The third-order valence-electron chi connectivity index (χ3n) is 2.09. The first-order chi connectivity index (χ1) is 6.97. The van der Waals surface area contributed by atoms with Crippen LogP contribution in [-0.2, 0) is 7.05 Å². The van der Waals surface area contributed by atoms with Gasteiger partial charge in [-0.15, -0.1) is 0 Å². The van der Waals surface area contributed by atoms with Gasteiger partial charge in [-0.25, -0.2) is 4.79 Å². The SMILES string of the molecule is Cc1nn(C)c(NC(C)CO)c1C(=O)O. The van der Waals surface area contributed by atoms with Crippen molar-refractivity contribution in [2.75, 3.05) is 11.9 Å². The van der Waals surface area contributed by atoms with Gasteiger partial charge in [0.05, 0.1) is 12.3 Å². The van der Waals surface area contributed by atoms with Crippen molar-refractivity contribution in [1.29, 1.82) is 0 Å². The lowest BCUT2D eigenvalue weighted by Gasteiger charge is -2.12. The minimum Gasteiger partial charge on any atom is -0.477 e. The molecule has 0 aliphatic heterocycles. The molecule has 84 valence electrons. The zero-order valence-corrected chi connectivity index (χ0v) is 8.98. The second-order valence-electron chi connectivity index (χ2n) is 3.47. The van der Waals surface area contributed by atoms with Crippen LogP contribution >= 0.6 is 0 Å². The monoisotopic (exact) mass is 213 g/mol. The summed E-state index contributed by atoms with van der Waals surface area (Å²) in [5.74, 6) is -0.602. The summed E-state index contributed by atoms with van der Waals surface area (Å²) in [6.45, 7) is 3.33. The minimum atomic E-state index is -1.02. The maximum absolute atomic E-state index is 11.0. The molecule has 0 saturated heterocycles. The van der Waals surface area contributed by atoms with E-state index in [1.807, 2.05) is 0 Å². The van der Waals surface area contributed by atoms with Crippen LogP contribution < -0.4 is 5.32 Å². The van der Waals surface area contributed by atoms with E-state index in [1.165, 1.54) is 4.68 Å². The number of carboxylic acid groups (broad SMARTS) is 1. The van der Waals surface area contributed by atoms with E-state index in [0.717, 1.165) is 0 Å². The summed E-state index contributed by atoms with van der Waals surface area (Å²) in [7, 11) is 1.66. The summed E-state index contributed by atoms with van der Waals surface area (Å²) in [4.78, 5) is 11.0. The molecule has 6 nitrogen and oxygen atoms in total. The zero-order chi connectivity index (χ0) is 11.6. The molecule has 0 radical (unpaired) electrons. The molecule has 0 spiro atoms. The quantitative estimate of drug-likeness (QED) is 0.666. The largest absolute Gasteiger partial charge is 0.477 e. The molecular weight excluding hydrogens is 198 g/mol. The number of aromatic nitrogens is 2. The molecule has 1 heterocycles. The van der Waals surface area contributed by atoms with Crippen molar-refractivity contribution in [2.45, 2.75) is 19.9 Å². The first-order valence-electron chi connectivity index (χ1n) is 4.61. The summed E-state index contributed by atoms with van der Waals surface area (Å²) in [6.07, 6.45) is 0. The van der Waals surface area contributed by atoms with Crippen molar-refractivity contribution >= 4 is 11.8 Å². The predicted octanol–water partition coefficient (Wildman–Crippen LogP) is 0.219. The van der Waals surface area contributed by atoms with E-state index in [2.05, 4.69) is 10.4 Å². The Morgan fingerprint density at radius 2 is 2.27 bits per heavy atom. The number of aryl methyl sites for hydroxylation is 2. The van der Waals surface area contributed by atoms with E-state index in [1.54, 1.807) is 20.9 Å². The fourth-order valence-electron chi connectivity index (χ4n) is 1.36. The molecule has 0 saturated carbocycles. The number of hydrogen-bond donors (Lipinski definition) is 3. The van der Waals surface area contributed by atoms with Gasteiger partial charge in [0.1, 0.15) is 11.4 Å². The van der Waals surface area contributed by atoms with Gasteiger partial charge in [0.2, 0.25) is 0 Å². The first-order valence-corrected chi connectivity index (χ1v) is 4.61. The molecule has 0 fully saturated rings. The summed E-state index contributed by atoms with van der Waals surface area (Å²) in [6, 6.07) is -0.210. The standard InChI is InChI=1S/C9H15N3O3/c1-5(4-13)10-8-7(9(14)15)6(2)11-12(8)3/h5,10,13H,4H2,1-3H3,(H,14,15). The fraction of sp³-hybridized carbons (Fsp3) is 0.556. The van der Waals surface area contributed by atoms with Crippen molar-refractivity contribution in [3.05, 3.63) is 11.3 Å². The second kappa shape index (κ2) is 4.31. The van der Waals surface area contributed by atoms with Crippen LogP contribution in [0.15, 0.2) is 0 Å². The van der Waals surface area contributed by atoms with Crippen molar-refractivity contribution in [3.63, 3.8) is 0 Å². The lowest BCUT2D eigenvalue weighted by molar-refractivity contribution is 0.0697. The van der Waals surface area contributed by atoms with Crippen LogP contribution in [0.1, 0.15) is 23.0 Å². The molecule has 1 aromatic rings. The minimum absolute atomic E-state index is 0.0662. The van der Waals surface area contributed by atoms with E-state index in [-0.39, 0.29) is 18.2 Å². The Bertz CT molecular complexity index is 373. The highest BCUT2D eigenvalue weighted by molar-refractivity contribution is 5.94. The van der Waals surface area contributed by atoms with Crippen LogP contribution in [0.5, 0.6) is 0 Å². The van der Waals surface area contributed by atoms with E-state index in [0.29, 0.717) is 11.5 Å². The van der Waals surface area contributed by atoms with Crippen molar-refractivity contribution < 1.29 is 15.0 Å². The van der Waals surface area contributed by atoms with Gasteiger partial charge in [-0.05, 0) is 13.8 Å². The van der Waals surface area contributed by atoms with Gasteiger partial charge in [0.15, 0.2) is 0 Å². The number of nitrogens with zero attached hydrogens (tertiary/aromatic N) is 2. The number of hydrogen-bond acceptors (Lipinski definition) is 4. The Morgan fingerprint density at radius 1 is 1.67 bits per heavy atom. The van der Waals surface area contributed by atoms with Crippen molar-refractivity contribution in [3.8, 4) is 0 Å². The van der Waals surface area contributed by atoms with Gasteiger partial charge in [0, 0.05) is 13.1 Å². The van der Waals surface area contributed by atoms with E-state index >= 15 is 0 Å². The van der Waals surface area contributed by atoms with Gasteiger partial charge >= 0.3 is 5.97 Å². The molecule has 0 amide bonds. The van der Waals surface area contributed by atoms with Gasteiger partial charge < -0.3 is 15.5 Å². The number of anilines is 1. The molecule has 6 heteroatoms. The van der Waals surface area contributed by atoms with Crippen LogP contribution in [0.25, 0.3) is 0 Å². The Morgan fingerprint density at radius 3 is 2.73 bits per heavy atom. The molecular formula is C9H15N3O3. The molecule has 0 aromatic carbocycles. The van der Waals surface area contributed by atoms with E-state index in [4.69, 9.17) is 10.2 Å². The number of aliphatic hydroxyl groups is 1. The number of aromatic carboxylic acids is 1. The summed E-state index contributed by atoms with van der Waals surface area (Å²) in [5.41, 5.74) is 0.607. The number of aliphatic hydroxyl groups excluding tert-OH is 1. The molecule has 0 bridgehead atoms. The fourth-order valence-corrected chi connectivity index (χ4v) is 1.36. The van der Waals surface area contributed by atoms with Crippen LogP contribution in [0.3, 0.4) is 0 Å². The van der Waals surface area contributed by atoms with Crippen LogP contribution in [0, 0.1) is 6.92 Å². The molecule has 1 unspecified atom stereocenters. The Labute approximate surface area is 87.5 Å². The summed E-state index contributed by atoms with van der Waals surface area (Å²) < 4.78 is 1.46. The number of nitrogens with one attached hydrogen (secondary N) is 1. The highest BCUT2D eigenvalue weighted by Gasteiger charge is 2.20. The molecule has 0 aliphatic rings. The molecule has 1 aromatic heterocycles. The first kappa shape index (κ1) is 11.5. The van der Waals surface area contributed by atoms with Gasteiger partial charge in [-0.2, -0.15) is 5.10 Å². The van der Waals surface area contributed by atoms with Gasteiger partial charge in [-0.3, -0.25) is 4.68 Å². The van der Waals surface area contributed by atoms with Gasteiger partial charge in [0.25, 0.3) is 0 Å². The zero-order valence-electron chi connectivity index (χ0n) is 8.98. The molecule has 3 N–H and O–H groups in total. The average molecular weight is 213 g/mol. The highest BCUT2D eigenvalue weighted by Crippen LogP contribution is 2.19. The second-order valence-corrected chi connectivity index (χ2v) is 3.47. The van der Waals surface area contributed by atoms with Crippen molar-refractivity contribution in [1.82, 2.24) is 9.78 Å². The van der Waals surface area contributed by atoms with E-state index in [9.17, 15) is 4.79 Å². The van der Waals surface area contributed by atoms with Crippen LogP contribution in [-0.4, -0.2) is 38.6 Å². The maximum atomic E-state index is 11.0. The smallest absolute Gasteiger partial charge is 0.341 e. The van der Waals surface area contributed by atoms with E-state index < -0.39 is 5.97 Å². The Kier molecular flexibility index (Phi) is 3.31.